The molecule has 0 unspecified atom stereocenters. The van der Waals surface area contributed by atoms with E-state index in [0.717, 1.165) is 33.5 Å². The number of nitrogens with one attached hydrogen (secondary N) is 3. The van der Waals surface area contributed by atoms with Crippen LogP contribution in [0.2, 0.25) is 0 Å². The van der Waals surface area contributed by atoms with E-state index in [1.807, 2.05) is 54.3 Å². The molecular weight excluding hydrogens is 412 g/mol. The fraction of sp³-hybridized carbons (Fsp3) is 0.261. The van der Waals surface area contributed by atoms with Crippen molar-refractivity contribution in [3.8, 4) is 0 Å². The highest BCUT2D eigenvalue weighted by molar-refractivity contribution is 5.82. The van der Waals surface area contributed by atoms with E-state index in [0.29, 0.717) is 24.9 Å². The van der Waals surface area contributed by atoms with E-state index in [9.17, 15) is 8.78 Å². The summed E-state index contributed by atoms with van der Waals surface area (Å²) in [5.41, 5.74) is 4.51. The monoisotopic (exact) mass is 435 g/mol. The van der Waals surface area contributed by atoms with Crippen LogP contribution in [0.25, 0.3) is 10.9 Å². The zero-order valence-electron chi connectivity index (χ0n) is 17.6. The molecule has 4 aromatic rings. The van der Waals surface area contributed by atoms with Crippen LogP contribution in [0.4, 0.5) is 37.6 Å². The van der Waals surface area contributed by atoms with E-state index in [1.54, 1.807) is 12.4 Å². The SMILES string of the molecule is Cc1cnc(Nc2ccc(N3CCC(F)(F)CC3)cc2)nc1Nc1ccc2cn[nH]c2c1. The van der Waals surface area contributed by atoms with Gasteiger partial charge in [-0.25, -0.2) is 13.8 Å². The Morgan fingerprint density at radius 3 is 2.50 bits per heavy atom. The summed E-state index contributed by atoms with van der Waals surface area (Å²) in [6.07, 6.45) is 3.33. The van der Waals surface area contributed by atoms with Crippen LogP contribution in [0.3, 0.4) is 0 Å². The highest BCUT2D eigenvalue weighted by atomic mass is 19.3. The molecule has 9 heteroatoms. The molecule has 0 amide bonds. The molecule has 1 saturated heterocycles. The molecule has 3 heterocycles. The summed E-state index contributed by atoms with van der Waals surface area (Å²) in [5, 5.41) is 14.6. The molecular formula is C23H23F2N7. The van der Waals surface area contributed by atoms with Crippen molar-refractivity contribution in [2.75, 3.05) is 28.6 Å². The molecule has 1 fully saturated rings. The Hall–Kier alpha value is -3.75. The molecule has 0 atom stereocenters. The quantitative estimate of drug-likeness (QED) is 0.390. The lowest BCUT2D eigenvalue weighted by molar-refractivity contribution is -0.0220. The average molecular weight is 435 g/mol. The number of piperidine rings is 1. The maximum absolute atomic E-state index is 13.4. The number of nitrogens with zero attached hydrogens (tertiary/aromatic N) is 4. The Morgan fingerprint density at radius 1 is 0.969 bits per heavy atom. The number of H-pyrrole nitrogens is 1. The minimum atomic E-state index is -2.55. The Morgan fingerprint density at radius 2 is 1.72 bits per heavy atom. The van der Waals surface area contributed by atoms with Gasteiger partial charge in [0.1, 0.15) is 5.82 Å². The molecule has 2 aromatic carbocycles. The third-order valence-electron chi connectivity index (χ3n) is 5.66. The first-order valence-corrected chi connectivity index (χ1v) is 10.5. The van der Waals surface area contributed by atoms with E-state index in [2.05, 4.69) is 30.8 Å². The molecule has 0 saturated carbocycles. The zero-order valence-corrected chi connectivity index (χ0v) is 17.6. The maximum atomic E-state index is 13.4. The van der Waals surface area contributed by atoms with Crippen LogP contribution in [0.5, 0.6) is 0 Å². The maximum Gasteiger partial charge on any atom is 0.251 e. The van der Waals surface area contributed by atoms with Crippen molar-refractivity contribution < 1.29 is 8.78 Å². The minimum Gasteiger partial charge on any atom is -0.371 e. The standard InChI is InChI=1S/C23H23F2N7/c1-15-13-26-22(30-21(15)28-18-3-2-16-14-27-31-20(16)12-18)29-17-4-6-19(7-5-17)32-10-8-23(24,25)9-11-32/h2-7,12-14H,8-11H2,1H3,(H,27,31)(H2,26,28,29,30). The zero-order chi connectivity index (χ0) is 22.1. The van der Waals surface area contributed by atoms with Gasteiger partial charge in [0, 0.05) is 60.1 Å². The number of fused-ring (bicyclic) bond motifs is 1. The van der Waals surface area contributed by atoms with Crippen molar-refractivity contribution >= 4 is 39.7 Å². The topological polar surface area (TPSA) is 81.8 Å². The van der Waals surface area contributed by atoms with Gasteiger partial charge in [-0.3, -0.25) is 5.10 Å². The number of aromatic nitrogens is 4. The molecule has 1 aliphatic rings. The number of halogens is 2. The van der Waals surface area contributed by atoms with Gasteiger partial charge in [0.2, 0.25) is 5.95 Å². The number of aryl methyl sites for hydroxylation is 1. The molecule has 0 radical (unpaired) electrons. The Labute approximate surface area is 183 Å². The van der Waals surface area contributed by atoms with Crippen LogP contribution in [-0.4, -0.2) is 39.2 Å². The lowest BCUT2D eigenvalue weighted by atomic mass is 10.1. The van der Waals surface area contributed by atoms with Crippen molar-refractivity contribution in [1.82, 2.24) is 20.2 Å². The number of benzene rings is 2. The number of anilines is 5. The summed E-state index contributed by atoms with van der Waals surface area (Å²) in [6.45, 7) is 2.66. The second kappa shape index (κ2) is 8.07. The summed E-state index contributed by atoms with van der Waals surface area (Å²) < 4.78 is 26.8. The first-order chi connectivity index (χ1) is 15.4. The van der Waals surface area contributed by atoms with Gasteiger partial charge in [-0.1, -0.05) is 0 Å². The lowest BCUT2D eigenvalue weighted by Gasteiger charge is -2.33. The highest BCUT2D eigenvalue weighted by Crippen LogP contribution is 2.31. The summed E-state index contributed by atoms with van der Waals surface area (Å²) >= 11 is 0. The van der Waals surface area contributed by atoms with E-state index in [4.69, 9.17) is 0 Å². The fourth-order valence-corrected chi connectivity index (χ4v) is 3.76. The van der Waals surface area contributed by atoms with E-state index in [-0.39, 0.29) is 12.8 Å². The number of hydrogen-bond donors (Lipinski definition) is 3. The van der Waals surface area contributed by atoms with Crippen LogP contribution in [0.15, 0.2) is 54.9 Å². The third kappa shape index (κ3) is 4.32. The fourth-order valence-electron chi connectivity index (χ4n) is 3.76. The molecule has 3 N–H and O–H groups in total. The van der Waals surface area contributed by atoms with Crippen molar-refractivity contribution in [3.63, 3.8) is 0 Å². The molecule has 7 nitrogen and oxygen atoms in total. The number of hydrogen-bond acceptors (Lipinski definition) is 6. The first kappa shape index (κ1) is 20.2. The molecule has 1 aliphatic heterocycles. The normalized spacial score (nSPS) is 15.7. The Balaban J connectivity index is 1.28. The molecule has 0 spiro atoms. The predicted octanol–water partition coefficient (Wildman–Crippen LogP) is 5.38. The molecule has 5 rings (SSSR count). The van der Waals surface area contributed by atoms with Gasteiger partial charge in [-0.05, 0) is 49.4 Å². The van der Waals surface area contributed by atoms with Crippen molar-refractivity contribution in [2.24, 2.45) is 0 Å². The Bertz CT molecular complexity index is 1230. The Kier molecular flexibility index (Phi) is 5.08. The van der Waals surface area contributed by atoms with Crippen LogP contribution in [0.1, 0.15) is 18.4 Å². The smallest absolute Gasteiger partial charge is 0.251 e. The third-order valence-corrected chi connectivity index (χ3v) is 5.66. The van der Waals surface area contributed by atoms with Gasteiger partial charge in [-0.15, -0.1) is 0 Å². The van der Waals surface area contributed by atoms with Gasteiger partial charge in [0.05, 0.1) is 11.7 Å². The van der Waals surface area contributed by atoms with Crippen molar-refractivity contribution in [1.29, 1.82) is 0 Å². The van der Waals surface area contributed by atoms with Crippen molar-refractivity contribution in [2.45, 2.75) is 25.7 Å². The summed E-state index contributed by atoms with van der Waals surface area (Å²) in [7, 11) is 0. The van der Waals surface area contributed by atoms with Crippen molar-refractivity contribution in [3.05, 3.63) is 60.4 Å². The van der Waals surface area contributed by atoms with E-state index in [1.165, 1.54) is 0 Å². The van der Waals surface area contributed by atoms with Gasteiger partial charge < -0.3 is 15.5 Å². The largest absolute Gasteiger partial charge is 0.371 e. The molecule has 2 aromatic heterocycles. The van der Waals surface area contributed by atoms with Crippen LogP contribution >= 0.6 is 0 Å². The van der Waals surface area contributed by atoms with Crippen LogP contribution < -0.4 is 15.5 Å². The number of aromatic amines is 1. The molecule has 164 valence electrons. The highest BCUT2D eigenvalue weighted by Gasteiger charge is 2.33. The number of alkyl halides is 2. The number of rotatable bonds is 5. The minimum absolute atomic E-state index is 0.104. The predicted molar refractivity (Wildman–Crippen MR) is 122 cm³/mol. The van der Waals surface area contributed by atoms with Crippen LogP contribution in [-0.2, 0) is 0 Å². The first-order valence-electron chi connectivity index (χ1n) is 10.5. The van der Waals surface area contributed by atoms with Crippen LogP contribution in [0, 0.1) is 6.92 Å². The van der Waals surface area contributed by atoms with Gasteiger partial charge >= 0.3 is 0 Å². The van der Waals surface area contributed by atoms with E-state index >= 15 is 0 Å². The van der Waals surface area contributed by atoms with Gasteiger partial charge in [-0.2, -0.15) is 10.1 Å². The molecule has 0 aliphatic carbocycles. The summed E-state index contributed by atoms with van der Waals surface area (Å²) in [6, 6.07) is 13.6. The molecule has 32 heavy (non-hydrogen) atoms. The van der Waals surface area contributed by atoms with Gasteiger partial charge in [0.15, 0.2) is 0 Å². The second-order valence-corrected chi connectivity index (χ2v) is 8.04. The second-order valence-electron chi connectivity index (χ2n) is 8.04. The van der Waals surface area contributed by atoms with E-state index < -0.39 is 5.92 Å². The average Bonchev–Trinajstić information content (AvgIpc) is 3.25. The molecule has 0 bridgehead atoms. The van der Waals surface area contributed by atoms with Gasteiger partial charge in [0.25, 0.3) is 5.92 Å². The summed E-state index contributed by atoms with van der Waals surface area (Å²) in [5.74, 6) is -1.38. The summed E-state index contributed by atoms with van der Waals surface area (Å²) in [4.78, 5) is 11.0. The lowest BCUT2D eigenvalue weighted by Crippen LogP contribution is -2.39.